The molecule has 3 rings (SSSR count). The minimum atomic E-state index is -0.178. The van der Waals surface area contributed by atoms with E-state index in [9.17, 15) is 4.79 Å². The van der Waals surface area contributed by atoms with Crippen LogP contribution in [0.1, 0.15) is 15.4 Å². The summed E-state index contributed by atoms with van der Waals surface area (Å²) in [4.78, 5) is 26.9. The number of hydrogen-bond acceptors (Lipinski definition) is 8. The van der Waals surface area contributed by atoms with Crippen LogP contribution in [0.2, 0.25) is 0 Å². The monoisotopic (exact) mass is 341 g/mol. The average molecular weight is 341 g/mol. The lowest BCUT2D eigenvalue weighted by Gasteiger charge is -2.08. The van der Waals surface area contributed by atoms with E-state index in [0.717, 1.165) is 5.69 Å². The van der Waals surface area contributed by atoms with Crippen LogP contribution in [-0.2, 0) is 0 Å². The number of aromatic nitrogens is 3. The molecule has 0 atom stereocenters. The fourth-order valence-electron chi connectivity index (χ4n) is 2.04. The minimum absolute atomic E-state index is 0.178. The van der Waals surface area contributed by atoms with Crippen molar-refractivity contribution in [3.8, 4) is 0 Å². The molecule has 0 unspecified atom stereocenters. The van der Waals surface area contributed by atoms with Gasteiger partial charge in [0.1, 0.15) is 16.7 Å². The number of carbonyl (C=O) groups is 1. The van der Waals surface area contributed by atoms with Gasteiger partial charge in [-0.3, -0.25) is 4.79 Å². The van der Waals surface area contributed by atoms with Gasteiger partial charge in [-0.25, -0.2) is 15.0 Å². The quantitative estimate of drug-likeness (QED) is 0.494. The van der Waals surface area contributed by atoms with Gasteiger partial charge in [-0.05, 0) is 18.2 Å². The summed E-state index contributed by atoms with van der Waals surface area (Å²) in [7, 11) is 3.35. The molecule has 2 heterocycles. The molecule has 0 aliphatic heterocycles. The molecule has 4 N–H and O–H groups in total. The van der Waals surface area contributed by atoms with Crippen LogP contribution in [0.4, 0.5) is 17.2 Å². The van der Waals surface area contributed by atoms with E-state index in [1.807, 2.05) is 0 Å². The number of hydrogen-bond donors (Lipinski definition) is 3. The van der Waals surface area contributed by atoms with Crippen LogP contribution in [-0.4, -0.2) is 46.1 Å². The first kappa shape index (κ1) is 15.8. The first-order valence-corrected chi connectivity index (χ1v) is 7.81. The number of nitrogens with zero attached hydrogens (tertiary/aromatic N) is 4. The topological polar surface area (TPSA) is 121 Å². The van der Waals surface area contributed by atoms with Crippen LogP contribution in [0, 0.1) is 5.41 Å². The standard InChI is InChI=1S/C15H15N7OS/c1-22(2)15(23)14-21-11-12(18-7-19-13(11)24-14)20-9-3-4-10(17)8(5-9)6-16/h3-7,16H,17H2,1-2H3,(H,18,19,20). The highest BCUT2D eigenvalue weighted by atomic mass is 32.1. The molecule has 0 saturated heterocycles. The van der Waals surface area contributed by atoms with Gasteiger partial charge in [0, 0.05) is 37.2 Å². The van der Waals surface area contributed by atoms with Gasteiger partial charge in [0.25, 0.3) is 5.91 Å². The Kier molecular flexibility index (Phi) is 4.09. The van der Waals surface area contributed by atoms with Crippen molar-refractivity contribution in [2.24, 2.45) is 0 Å². The molecular weight excluding hydrogens is 326 g/mol. The smallest absolute Gasteiger partial charge is 0.282 e. The van der Waals surface area contributed by atoms with Gasteiger partial charge in [-0.1, -0.05) is 11.3 Å². The second kappa shape index (κ2) is 6.20. The van der Waals surface area contributed by atoms with E-state index in [2.05, 4.69) is 20.3 Å². The summed E-state index contributed by atoms with van der Waals surface area (Å²) in [6.07, 6.45) is 2.61. The van der Waals surface area contributed by atoms with Crippen LogP contribution in [0.5, 0.6) is 0 Å². The Labute approximate surface area is 141 Å². The minimum Gasteiger partial charge on any atom is -0.398 e. The third-order valence-corrected chi connectivity index (χ3v) is 4.24. The van der Waals surface area contributed by atoms with Crippen molar-refractivity contribution in [1.82, 2.24) is 19.9 Å². The van der Waals surface area contributed by atoms with Crippen LogP contribution in [0.25, 0.3) is 10.3 Å². The van der Waals surface area contributed by atoms with Crippen molar-refractivity contribution in [3.05, 3.63) is 35.1 Å². The molecule has 0 bridgehead atoms. The van der Waals surface area contributed by atoms with Crippen molar-refractivity contribution >= 4 is 51.0 Å². The molecule has 0 aliphatic carbocycles. The molecule has 8 nitrogen and oxygen atoms in total. The predicted octanol–water partition coefficient (Wildman–Crippen LogP) is 2.11. The zero-order chi connectivity index (χ0) is 17.3. The van der Waals surface area contributed by atoms with E-state index in [-0.39, 0.29) is 5.91 Å². The summed E-state index contributed by atoms with van der Waals surface area (Å²) in [5.74, 6) is 0.317. The molecule has 0 spiro atoms. The number of thiazole rings is 1. The largest absolute Gasteiger partial charge is 0.398 e. The summed E-state index contributed by atoms with van der Waals surface area (Å²) in [5.41, 5.74) is 8.17. The van der Waals surface area contributed by atoms with E-state index < -0.39 is 0 Å². The number of fused-ring (bicyclic) bond motifs is 1. The maximum absolute atomic E-state index is 12.1. The first-order valence-electron chi connectivity index (χ1n) is 7.00. The lowest BCUT2D eigenvalue weighted by atomic mass is 10.1. The zero-order valence-electron chi connectivity index (χ0n) is 13.1. The fourth-order valence-corrected chi connectivity index (χ4v) is 2.97. The molecule has 0 radical (unpaired) electrons. The molecule has 1 aromatic carbocycles. The third-order valence-electron chi connectivity index (χ3n) is 3.29. The van der Waals surface area contributed by atoms with E-state index in [1.165, 1.54) is 28.8 Å². The van der Waals surface area contributed by atoms with Gasteiger partial charge >= 0.3 is 0 Å². The molecule has 9 heteroatoms. The number of nitrogen functional groups attached to an aromatic ring is 1. The summed E-state index contributed by atoms with van der Waals surface area (Å²) in [5, 5.41) is 10.9. The van der Waals surface area contributed by atoms with E-state index in [0.29, 0.717) is 32.4 Å². The summed E-state index contributed by atoms with van der Waals surface area (Å²) >= 11 is 1.22. The van der Waals surface area contributed by atoms with Crippen LogP contribution >= 0.6 is 11.3 Å². The number of carbonyl (C=O) groups excluding carboxylic acids is 1. The number of anilines is 3. The van der Waals surface area contributed by atoms with Gasteiger partial charge in [-0.2, -0.15) is 0 Å². The fraction of sp³-hybridized carbons (Fsp3) is 0.133. The molecule has 0 fully saturated rings. The normalized spacial score (nSPS) is 10.6. The van der Waals surface area contributed by atoms with E-state index in [4.69, 9.17) is 11.1 Å². The van der Waals surface area contributed by atoms with Gasteiger partial charge in [0.2, 0.25) is 0 Å². The maximum atomic E-state index is 12.1. The Bertz CT molecular complexity index is 935. The van der Waals surface area contributed by atoms with E-state index in [1.54, 1.807) is 32.3 Å². The van der Waals surface area contributed by atoms with Crippen molar-refractivity contribution in [1.29, 1.82) is 5.41 Å². The highest BCUT2D eigenvalue weighted by Gasteiger charge is 2.17. The lowest BCUT2D eigenvalue weighted by molar-refractivity contribution is 0.0827. The zero-order valence-corrected chi connectivity index (χ0v) is 13.9. The summed E-state index contributed by atoms with van der Waals surface area (Å²) in [6.45, 7) is 0. The Balaban J connectivity index is 2.00. The second-order valence-electron chi connectivity index (χ2n) is 5.21. The number of nitrogens with one attached hydrogen (secondary N) is 2. The van der Waals surface area contributed by atoms with Crippen molar-refractivity contribution in [2.45, 2.75) is 0 Å². The van der Waals surface area contributed by atoms with Gasteiger partial charge in [0.15, 0.2) is 10.8 Å². The SMILES string of the molecule is CN(C)C(=O)c1nc2c(Nc3ccc(N)c(C=N)c3)ncnc2s1. The Morgan fingerprint density at radius 3 is 2.88 bits per heavy atom. The lowest BCUT2D eigenvalue weighted by Crippen LogP contribution is -2.21. The number of rotatable bonds is 4. The highest BCUT2D eigenvalue weighted by molar-refractivity contribution is 7.19. The van der Waals surface area contributed by atoms with Gasteiger partial charge in [0.05, 0.1) is 0 Å². The molecule has 122 valence electrons. The van der Waals surface area contributed by atoms with Crippen molar-refractivity contribution in [2.75, 3.05) is 25.1 Å². The number of benzene rings is 1. The Morgan fingerprint density at radius 2 is 2.17 bits per heavy atom. The molecule has 0 aliphatic rings. The predicted molar refractivity (Wildman–Crippen MR) is 95.3 cm³/mol. The number of amides is 1. The van der Waals surface area contributed by atoms with Crippen LogP contribution < -0.4 is 11.1 Å². The molecule has 24 heavy (non-hydrogen) atoms. The summed E-state index contributed by atoms with van der Waals surface area (Å²) < 4.78 is 0. The first-order chi connectivity index (χ1) is 11.5. The van der Waals surface area contributed by atoms with E-state index >= 15 is 0 Å². The third kappa shape index (κ3) is 2.88. The second-order valence-corrected chi connectivity index (χ2v) is 6.19. The van der Waals surface area contributed by atoms with Crippen LogP contribution in [0.3, 0.4) is 0 Å². The Hall–Kier alpha value is -3.07. The molecule has 1 amide bonds. The molecule has 3 aromatic rings. The maximum Gasteiger partial charge on any atom is 0.282 e. The molecule has 0 saturated carbocycles. The van der Waals surface area contributed by atoms with Crippen molar-refractivity contribution < 1.29 is 4.79 Å². The van der Waals surface area contributed by atoms with Crippen molar-refractivity contribution in [3.63, 3.8) is 0 Å². The average Bonchev–Trinajstić information content (AvgIpc) is 3.01. The van der Waals surface area contributed by atoms with Gasteiger partial charge < -0.3 is 21.4 Å². The molecule has 2 aromatic heterocycles. The number of nitrogens with two attached hydrogens (primary N) is 1. The highest BCUT2D eigenvalue weighted by Crippen LogP contribution is 2.28. The Morgan fingerprint density at radius 1 is 1.38 bits per heavy atom. The summed E-state index contributed by atoms with van der Waals surface area (Å²) in [6, 6.07) is 5.24. The van der Waals surface area contributed by atoms with Crippen LogP contribution in [0.15, 0.2) is 24.5 Å². The van der Waals surface area contributed by atoms with Gasteiger partial charge in [-0.15, -0.1) is 0 Å². The molecular formula is C15H15N7OS.